The van der Waals surface area contributed by atoms with Crippen LogP contribution in [0.3, 0.4) is 0 Å². The molecule has 110 valence electrons. The molecule has 2 aromatic carbocycles. The lowest BCUT2D eigenvalue weighted by Gasteiger charge is -2.14. The van der Waals surface area contributed by atoms with E-state index in [0.29, 0.717) is 17.1 Å². The summed E-state index contributed by atoms with van der Waals surface area (Å²) in [5.74, 6) is -0.184. The Morgan fingerprint density at radius 3 is 2.67 bits per heavy atom. The molecule has 1 unspecified atom stereocenters. The van der Waals surface area contributed by atoms with Gasteiger partial charge in [0.1, 0.15) is 0 Å². The molecule has 2 rings (SSSR count). The number of nitrogens with two attached hydrogens (primary N) is 1. The van der Waals surface area contributed by atoms with Crippen LogP contribution in [0.25, 0.3) is 0 Å². The summed E-state index contributed by atoms with van der Waals surface area (Å²) in [5.41, 5.74) is 8.81. The molecular weight excluding hydrogens is 284 g/mol. The number of anilines is 1. The molecule has 21 heavy (non-hydrogen) atoms. The van der Waals surface area contributed by atoms with E-state index in [1.54, 1.807) is 12.1 Å². The minimum atomic E-state index is -0.538. The predicted molar refractivity (Wildman–Crippen MR) is 87.6 cm³/mol. The number of rotatable bonds is 5. The van der Waals surface area contributed by atoms with Gasteiger partial charge >= 0.3 is 0 Å². The van der Waals surface area contributed by atoms with Crippen LogP contribution in [0.5, 0.6) is 0 Å². The van der Waals surface area contributed by atoms with Crippen molar-refractivity contribution >= 4 is 23.2 Å². The van der Waals surface area contributed by atoms with Crippen molar-refractivity contribution in [3.63, 3.8) is 0 Å². The van der Waals surface area contributed by atoms with E-state index in [9.17, 15) is 4.79 Å². The molecule has 3 nitrogen and oxygen atoms in total. The van der Waals surface area contributed by atoms with Gasteiger partial charge < -0.3 is 11.1 Å². The van der Waals surface area contributed by atoms with Gasteiger partial charge in [0.2, 0.25) is 5.91 Å². The first-order valence-corrected chi connectivity index (χ1v) is 7.30. The fraction of sp³-hybridized carbons (Fsp3) is 0.235. The summed E-state index contributed by atoms with van der Waals surface area (Å²) < 4.78 is 0. The summed E-state index contributed by atoms with van der Waals surface area (Å²) in [4.78, 5) is 12.1. The van der Waals surface area contributed by atoms with Crippen LogP contribution in [-0.2, 0) is 11.2 Å². The van der Waals surface area contributed by atoms with E-state index in [1.165, 1.54) is 5.56 Å². The average molecular weight is 303 g/mol. The van der Waals surface area contributed by atoms with E-state index >= 15 is 0 Å². The Balaban J connectivity index is 1.92. The first kappa shape index (κ1) is 15.5. The van der Waals surface area contributed by atoms with Gasteiger partial charge in [-0.15, -0.1) is 0 Å². The second kappa shape index (κ2) is 7.25. The van der Waals surface area contributed by atoms with Crippen molar-refractivity contribution < 1.29 is 4.79 Å². The van der Waals surface area contributed by atoms with Crippen molar-refractivity contribution in [1.29, 1.82) is 0 Å². The Morgan fingerprint density at radius 1 is 1.24 bits per heavy atom. The number of halogens is 1. The first-order valence-electron chi connectivity index (χ1n) is 6.93. The highest BCUT2D eigenvalue weighted by Gasteiger charge is 2.14. The third-order valence-electron chi connectivity index (χ3n) is 3.38. The first-order chi connectivity index (χ1) is 10.1. The van der Waals surface area contributed by atoms with Crippen molar-refractivity contribution in [3.05, 3.63) is 64.7 Å². The van der Waals surface area contributed by atoms with Crippen LogP contribution in [0.2, 0.25) is 5.02 Å². The molecule has 1 amide bonds. The average Bonchev–Trinajstić information content (AvgIpc) is 2.49. The lowest BCUT2D eigenvalue weighted by atomic mass is 10.1. The van der Waals surface area contributed by atoms with Crippen LogP contribution in [-0.4, -0.2) is 11.9 Å². The number of nitrogens with one attached hydrogen (secondary N) is 1. The quantitative estimate of drug-likeness (QED) is 0.887. The summed E-state index contributed by atoms with van der Waals surface area (Å²) in [7, 11) is 0. The molecule has 0 spiro atoms. The molecule has 0 aliphatic heterocycles. The van der Waals surface area contributed by atoms with Crippen molar-refractivity contribution in [1.82, 2.24) is 0 Å². The third-order valence-corrected chi connectivity index (χ3v) is 3.62. The van der Waals surface area contributed by atoms with Gasteiger partial charge in [0.15, 0.2) is 0 Å². The standard InChI is InChI=1S/C17H19ClN2O/c1-12-7-9-14(18)11-16(12)20-17(21)15(19)10-8-13-5-3-2-4-6-13/h2-7,9,11,15H,8,10,19H2,1H3,(H,20,21). The molecule has 0 fully saturated rings. The second-order valence-electron chi connectivity index (χ2n) is 5.08. The third kappa shape index (κ3) is 4.59. The zero-order chi connectivity index (χ0) is 15.2. The van der Waals surface area contributed by atoms with Gasteiger partial charge in [0.05, 0.1) is 6.04 Å². The van der Waals surface area contributed by atoms with Crippen molar-refractivity contribution in [2.24, 2.45) is 5.73 Å². The van der Waals surface area contributed by atoms with Gasteiger partial charge in [-0.3, -0.25) is 4.79 Å². The number of carbonyl (C=O) groups is 1. The SMILES string of the molecule is Cc1ccc(Cl)cc1NC(=O)C(N)CCc1ccccc1. The molecule has 4 heteroatoms. The van der Waals surface area contributed by atoms with Crippen LogP contribution in [0.4, 0.5) is 5.69 Å². The number of aryl methyl sites for hydroxylation is 2. The lowest BCUT2D eigenvalue weighted by molar-refractivity contribution is -0.117. The summed E-state index contributed by atoms with van der Waals surface area (Å²) in [5, 5.41) is 3.43. The van der Waals surface area contributed by atoms with E-state index in [1.807, 2.05) is 43.3 Å². The van der Waals surface area contributed by atoms with Gasteiger partial charge in [0, 0.05) is 10.7 Å². The number of hydrogen-bond acceptors (Lipinski definition) is 2. The molecular formula is C17H19ClN2O. The minimum Gasteiger partial charge on any atom is -0.324 e. The second-order valence-corrected chi connectivity index (χ2v) is 5.52. The smallest absolute Gasteiger partial charge is 0.241 e. The van der Waals surface area contributed by atoms with E-state index in [2.05, 4.69) is 5.32 Å². The van der Waals surface area contributed by atoms with E-state index < -0.39 is 6.04 Å². The number of carbonyl (C=O) groups excluding carboxylic acids is 1. The highest BCUT2D eigenvalue weighted by molar-refractivity contribution is 6.31. The molecule has 0 aromatic heterocycles. The number of hydrogen-bond donors (Lipinski definition) is 2. The zero-order valence-corrected chi connectivity index (χ0v) is 12.7. The highest BCUT2D eigenvalue weighted by atomic mass is 35.5. The largest absolute Gasteiger partial charge is 0.324 e. The van der Waals surface area contributed by atoms with Crippen LogP contribution in [0.15, 0.2) is 48.5 Å². The Morgan fingerprint density at radius 2 is 1.95 bits per heavy atom. The molecule has 0 saturated heterocycles. The molecule has 0 radical (unpaired) electrons. The molecule has 1 atom stereocenters. The molecule has 0 aliphatic rings. The Kier molecular flexibility index (Phi) is 5.37. The Hall–Kier alpha value is -1.84. The van der Waals surface area contributed by atoms with E-state index in [4.69, 9.17) is 17.3 Å². The van der Waals surface area contributed by atoms with Gasteiger partial charge in [-0.25, -0.2) is 0 Å². The molecule has 2 aromatic rings. The topological polar surface area (TPSA) is 55.1 Å². The predicted octanol–water partition coefficient (Wildman–Crippen LogP) is 3.55. The number of amides is 1. The van der Waals surface area contributed by atoms with Crippen LogP contribution in [0.1, 0.15) is 17.5 Å². The Labute approximate surface area is 130 Å². The maximum Gasteiger partial charge on any atom is 0.241 e. The fourth-order valence-electron chi connectivity index (χ4n) is 2.05. The summed E-state index contributed by atoms with van der Waals surface area (Å²) in [6, 6.07) is 14.9. The van der Waals surface area contributed by atoms with Gasteiger partial charge in [-0.1, -0.05) is 48.0 Å². The molecule has 0 heterocycles. The van der Waals surface area contributed by atoms with Crippen LogP contribution < -0.4 is 11.1 Å². The number of benzene rings is 2. The summed E-state index contributed by atoms with van der Waals surface area (Å²) in [6.45, 7) is 1.92. The lowest BCUT2D eigenvalue weighted by Crippen LogP contribution is -2.36. The van der Waals surface area contributed by atoms with Gasteiger partial charge in [0.25, 0.3) is 0 Å². The normalized spacial score (nSPS) is 12.0. The van der Waals surface area contributed by atoms with Crippen LogP contribution in [0, 0.1) is 6.92 Å². The highest BCUT2D eigenvalue weighted by Crippen LogP contribution is 2.20. The maximum absolute atomic E-state index is 12.1. The monoisotopic (exact) mass is 302 g/mol. The van der Waals surface area contributed by atoms with Gasteiger partial charge in [-0.2, -0.15) is 0 Å². The minimum absolute atomic E-state index is 0.184. The molecule has 0 saturated carbocycles. The zero-order valence-electron chi connectivity index (χ0n) is 12.0. The summed E-state index contributed by atoms with van der Waals surface area (Å²) >= 11 is 5.94. The van der Waals surface area contributed by atoms with Crippen LogP contribution >= 0.6 is 11.6 Å². The van der Waals surface area contributed by atoms with Gasteiger partial charge in [-0.05, 0) is 43.0 Å². The van der Waals surface area contributed by atoms with Crippen molar-refractivity contribution in [3.8, 4) is 0 Å². The van der Waals surface area contributed by atoms with Crippen molar-refractivity contribution in [2.45, 2.75) is 25.8 Å². The Bertz CT molecular complexity index is 613. The van der Waals surface area contributed by atoms with Crippen molar-refractivity contribution in [2.75, 3.05) is 5.32 Å². The molecule has 3 N–H and O–H groups in total. The van der Waals surface area contributed by atoms with E-state index in [0.717, 1.165) is 12.0 Å². The maximum atomic E-state index is 12.1. The van der Waals surface area contributed by atoms with E-state index in [-0.39, 0.29) is 5.91 Å². The fourth-order valence-corrected chi connectivity index (χ4v) is 2.22. The summed E-state index contributed by atoms with van der Waals surface area (Å²) in [6.07, 6.45) is 1.39. The molecule has 0 aliphatic carbocycles. The molecule has 0 bridgehead atoms.